The lowest BCUT2D eigenvalue weighted by Gasteiger charge is -2.20. The lowest BCUT2D eigenvalue weighted by molar-refractivity contribution is -0.143. The average Bonchev–Trinajstić information content (AvgIpc) is 3.59. The van der Waals surface area contributed by atoms with Gasteiger partial charge in [0.2, 0.25) is 5.91 Å². The molecule has 1 aliphatic carbocycles. The van der Waals surface area contributed by atoms with Gasteiger partial charge in [-0.3, -0.25) is 4.79 Å². The molecule has 4 rings (SSSR count). The van der Waals surface area contributed by atoms with Crippen LogP contribution in [0.25, 0.3) is 0 Å². The van der Waals surface area contributed by atoms with Gasteiger partial charge in [-0.1, -0.05) is 59.6 Å². The highest BCUT2D eigenvalue weighted by atomic mass is 35.5. The van der Waals surface area contributed by atoms with Crippen LogP contribution in [0.4, 0.5) is 0 Å². The van der Waals surface area contributed by atoms with Crippen LogP contribution in [0.2, 0.25) is 10.0 Å². The number of rotatable bonds is 9. The quantitative estimate of drug-likeness (QED) is 0.344. The molecule has 3 aromatic carbocycles. The van der Waals surface area contributed by atoms with Crippen molar-refractivity contribution in [2.24, 2.45) is 0 Å². The molecule has 8 heteroatoms. The Morgan fingerprint density at radius 1 is 0.970 bits per heavy atom. The van der Waals surface area contributed by atoms with Crippen LogP contribution >= 0.6 is 35.0 Å². The molecule has 3 aromatic rings. The number of carbonyl (C=O) groups excluding carboxylic acids is 1. The molecule has 33 heavy (non-hydrogen) atoms. The molecule has 1 saturated carbocycles. The first-order chi connectivity index (χ1) is 15.9. The standard InChI is InChI=1S/C25H21Cl2NO4S/c26-20-7-4-8-21(27)19(20)15-32-17-9-11-18(12-10-17)33-22(16-5-2-1-3-6-16)23(29)28-25(13-14-25)24(30)31/h1-12,22H,13-15H2,(H,28,29)(H,30,31). The average molecular weight is 502 g/mol. The van der Waals surface area contributed by atoms with Crippen molar-refractivity contribution >= 4 is 46.8 Å². The van der Waals surface area contributed by atoms with E-state index in [1.54, 1.807) is 18.2 Å². The van der Waals surface area contributed by atoms with E-state index in [9.17, 15) is 14.7 Å². The minimum absolute atomic E-state index is 0.233. The number of carboxylic acids is 1. The van der Waals surface area contributed by atoms with Crippen molar-refractivity contribution < 1.29 is 19.4 Å². The van der Waals surface area contributed by atoms with Crippen LogP contribution in [0, 0.1) is 0 Å². The number of amides is 1. The van der Waals surface area contributed by atoms with Crippen molar-refractivity contribution in [2.45, 2.75) is 35.1 Å². The highest BCUT2D eigenvalue weighted by molar-refractivity contribution is 8.00. The van der Waals surface area contributed by atoms with Crippen LogP contribution in [0.3, 0.4) is 0 Å². The Kier molecular flexibility index (Phi) is 7.17. The fraction of sp³-hybridized carbons (Fsp3) is 0.200. The summed E-state index contributed by atoms with van der Waals surface area (Å²) >= 11 is 13.7. The molecular weight excluding hydrogens is 481 g/mol. The van der Waals surface area contributed by atoms with Gasteiger partial charge in [0.15, 0.2) is 0 Å². The molecule has 0 bridgehead atoms. The predicted molar refractivity (Wildman–Crippen MR) is 130 cm³/mol. The molecule has 1 amide bonds. The third kappa shape index (κ3) is 5.64. The molecule has 5 nitrogen and oxygen atoms in total. The monoisotopic (exact) mass is 501 g/mol. The van der Waals surface area contributed by atoms with Gasteiger partial charge in [0, 0.05) is 20.5 Å². The third-order valence-corrected chi connectivity index (χ3v) is 7.36. The van der Waals surface area contributed by atoms with Gasteiger partial charge in [-0.15, -0.1) is 11.8 Å². The summed E-state index contributed by atoms with van der Waals surface area (Å²) in [5.74, 6) is -0.675. The molecule has 0 aliphatic heterocycles. The Labute approximate surface area is 206 Å². The molecule has 0 radical (unpaired) electrons. The minimum atomic E-state index is -1.14. The number of thioether (sulfide) groups is 1. The number of nitrogens with one attached hydrogen (secondary N) is 1. The minimum Gasteiger partial charge on any atom is -0.489 e. The highest BCUT2D eigenvalue weighted by Gasteiger charge is 2.52. The van der Waals surface area contributed by atoms with Gasteiger partial charge < -0.3 is 15.2 Å². The van der Waals surface area contributed by atoms with Crippen LogP contribution in [0.5, 0.6) is 5.75 Å². The number of ether oxygens (including phenoxy) is 1. The fourth-order valence-corrected chi connectivity index (χ4v) is 4.83. The summed E-state index contributed by atoms with van der Waals surface area (Å²) in [5.41, 5.74) is 0.380. The van der Waals surface area contributed by atoms with Crippen molar-refractivity contribution in [3.05, 3.63) is 94.0 Å². The molecule has 170 valence electrons. The molecule has 0 spiro atoms. The van der Waals surface area contributed by atoms with E-state index in [0.29, 0.717) is 34.2 Å². The van der Waals surface area contributed by atoms with Crippen molar-refractivity contribution in [3.63, 3.8) is 0 Å². The van der Waals surface area contributed by atoms with E-state index < -0.39 is 16.8 Å². The van der Waals surface area contributed by atoms with Crippen molar-refractivity contribution in [1.82, 2.24) is 5.32 Å². The summed E-state index contributed by atoms with van der Waals surface area (Å²) in [4.78, 5) is 25.4. The second kappa shape index (κ2) is 10.1. The van der Waals surface area contributed by atoms with Crippen LogP contribution in [-0.2, 0) is 16.2 Å². The third-order valence-electron chi connectivity index (χ3n) is 5.38. The largest absolute Gasteiger partial charge is 0.489 e. The van der Waals surface area contributed by atoms with Gasteiger partial charge in [0.25, 0.3) is 0 Å². The predicted octanol–water partition coefficient (Wildman–Crippen LogP) is 6.14. The smallest absolute Gasteiger partial charge is 0.329 e. The number of halogens is 2. The fourth-order valence-electron chi connectivity index (χ4n) is 3.30. The van der Waals surface area contributed by atoms with Gasteiger partial charge in [0.05, 0.1) is 0 Å². The molecule has 2 N–H and O–H groups in total. The van der Waals surface area contributed by atoms with Crippen LogP contribution in [0.15, 0.2) is 77.7 Å². The molecule has 1 atom stereocenters. The van der Waals surface area contributed by atoms with Gasteiger partial charge in [-0.05, 0) is 54.8 Å². The maximum Gasteiger partial charge on any atom is 0.329 e. The number of hydrogen-bond donors (Lipinski definition) is 2. The van der Waals surface area contributed by atoms with E-state index in [-0.39, 0.29) is 12.5 Å². The van der Waals surface area contributed by atoms with Gasteiger partial charge in [0.1, 0.15) is 23.1 Å². The zero-order valence-corrected chi connectivity index (χ0v) is 19.8. The van der Waals surface area contributed by atoms with Gasteiger partial charge in [-0.25, -0.2) is 4.79 Å². The van der Waals surface area contributed by atoms with E-state index in [1.807, 2.05) is 54.6 Å². The first kappa shape index (κ1) is 23.5. The zero-order valence-electron chi connectivity index (χ0n) is 17.5. The van der Waals surface area contributed by atoms with Gasteiger partial charge in [-0.2, -0.15) is 0 Å². The van der Waals surface area contributed by atoms with Crippen LogP contribution in [-0.4, -0.2) is 22.5 Å². The van der Waals surface area contributed by atoms with Crippen LogP contribution < -0.4 is 10.1 Å². The molecule has 0 saturated heterocycles. The van der Waals surface area contributed by atoms with Crippen LogP contribution in [0.1, 0.15) is 29.2 Å². The SMILES string of the molecule is O=C(NC1(C(=O)O)CC1)C(Sc1ccc(OCc2c(Cl)cccc2Cl)cc1)c1ccccc1. The Balaban J connectivity index is 1.46. The number of carboxylic acid groups (broad SMARTS) is 1. The van der Waals surface area contributed by atoms with Crippen molar-refractivity contribution in [2.75, 3.05) is 0 Å². The summed E-state index contributed by atoms with van der Waals surface area (Å²) in [6, 6.07) is 22.0. The second-order valence-electron chi connectivity index (χ2n) is 7.75. The molecule has 0 aromatic heterocycles. The summed E-state index contributed by atoms with van der Waals surface area (Å²) < 4.78 is 5.82. The normalized spacial score (nSPS) is 14.8. The summed E-state index contributed by atoms with van der Waals surface area (Å²) in [6.45, 7) is 0.233. The maximum atomic E-state index is 13.1. The Hall–Kier alpha value is -2.67. The van der Waals surface area contributed by atoms with E-state index in [1.165, 1.54) is 11.8 Å². The first-order valence-electron chi connectivity index (χ1n) is 10.3. The van der Waals surface area contributed by atoms with E-state index >= 15 is 0 Å². The molecular formula is C25H21Cl2NO4S. The Morgan fingerprint density at radius 2 is 1.61 bits per heavy atom. The Morgan fingerprint density at radius 3 is 2.18 bits per heavy atom. The zero-order chi connectivity index (χ0) is 23.4. The lowest BCUT2D eigenvalue weighted by Crippen LogP contribution is -2.44. The highest BCUT2D eigenvalue weighted by Crippen LogP contribution is 2.40. The summed E-state index contributed by atoms with van der Waals surface area (Å²) in [7, 11) is 0. The molecule has 1 aliphatic rings. The summed E-state index contributed by atoms with van der Waals surface area (Å²) in [6.07, 6.45) is 0.892. The first-order valence-corrected chi connectivity index (χ1v) is 11.9. The topological polar surface area (TPSA) is 75.6 Å². The van der Waals surface area contributed by atoms with Crippen molar-refractivity contribution in [1.29, 1.82) is 0 Å². The van der Waals surface area contributed by atoms with E-state index in [2.05, 4.69) is 5.32 Å². The molecule has 0 heterocycles. The number of aliphatic carboxylic acids is 1. The Bertz CT molecular complexity index is 1130. The molecule has 1 fully saturated rings. The van der Waals surface area contributed by atoms with E-state index in [0.717, 1.165) is 10.5 Å². The van der Waals surface area contributed by atoms with Crippen molar-refractivity contribution in [3.8, 4) is 5.75 Å². The second-order valence-corrected chi connectivity index (χ2v) is 9.74. The number of benzene rings is 3. The number of carbonyl (C=O) groups is 2. The summed E-state index contributed by atoms with van der Waals surface area (Å²) in [5, 5.41) is 12.7. The van der Waals surface area contributed by atoms with E-state index in [4.69, 9.17) is 27.9 Å². The number of hydrogen-bond acceptors (Lipinski definition) is 4. The maximum absolute atomic E-state index is 13.1. The van der Waals surface area contributed by atoms with Gasteiger partial charge >= 0.3 is 5.97 Å². The molecule has 1 unspecified atom stereocenters. The lowest BCUT2D eigenvalue weighted by atomic mass is 10.1.